The Balaban J connectivity index is 0. The molecule has 0 unspecified atom stereocenters. The first-order valence-electron chi connectivity index (χ1n) is 6.82. The Morgan fingerprint density at radius 3 is 2.38 bits per heavy atom. The second-order valence-corrected chi connectivity index (χ2v) is 4.33. The average molecular weight is 337 g/mol. The summed E-state index contributed by atoms with van der Waals surface area (Å²) in [7, 11) is 1.84. The highest BCUT2D eigenvalue weighted by molar-refractivity contribution is 5.85. The van der Waals surface area contributed by atoms with Crippen LogP contribution in [0.5, 0.6) is 0 Å². The lowest BCUT2D eigenvalue weighted by Crippen LogP contribution is -2.26. The van der Waals surface area contributed by atoms with Gasteiger partial charge in [-0.05, 0) is 32.5 Å². The highest BCUT2D eigenvalue weighted by Gasteiger charge is 2.04. The van der Waals surface area contributed by atoms with Gasteiger partial charge in [-0.1, -0.05) is 6.07 Å². The third-order valence-corrected chi connectivity index (χ3v) is 2.99. The van der Waals surface area contributed by atoms with Crippen LogP contribution in [0.2, 0.25) is 0 Å². The minimum Gasteiger partial charge on any atom is -0.357 e. The Morgan fingerprint density at radius 2 is 1.90 bits per heavy atom. The van der Waals surface area contributed by atoms with Crippen molar-refractivity contribution in [3.05, 3.63) is 23.9 Å². The molecule has 0 bridgehead atoms. The third kappa shape index (κ3) is 8.09. The lowest BCUT2D eigenvalue weighted by atomic mass is 10.2. The molecule has 21 heavy (non-hydrogen) atoms. The van der Waals surface area contributed by atoms with Gasteiger partial charge in [0.15, 0.2) is 0 Å². The summed E-state index contributed by atoms with van der Waals surface area (Å²) in [5.41, 5.74) is 1.02. The van der Waals surface area contributed by atoms with Crippen molar-refractivity contribution in [2.24, 2.45) is 0 Å². The quantitative estimate of drug-likeness (QED) is 0.762. The lowest BCUT2D eigenvalue weighted by Gasteiger charge is -2.19. The molecule has 5 nitrogen and oxygen atoms in total. The van der Waals surface area contributed by atoms with E-state index in [0.717, 1.165) is 24.5 Å². The van der Waals surface area contributed by atoms with Gasteiger partial charge in [0.25, 0.3) is 0 Å². The van der Waals surface area contributed by atoms with Crippen molar-refractivity contribution in [2.75, 3.05) is 31.6 Å². The molecule has 7 heteroatoms. The molecule has 122 valence electrons. The molecule has 2 N–H and O–H groups in total. The van der Waals surface area contributed by atoms with Gasteiger partial charge in [0.1, 0.15) is 5.82 Å². The summed E-state index contributed by atoms with van der Waals surface area (Å²) < 4.78 is 0. The number of aromatic nitrogens is 1. The molecule has 1 rings (SSSR count). The first kappa shape index (κ1) is 22.2. The fourth-order valence-corrected chi connectivity index (χ4v) is 1.78. The summed E-state index contributed by atoms with van der Waals surface area (Å²) in [5, 5.41) is 5.83. The van der Waals surface area contributed by atoms with E-state index in [1.165, 1.54) is 0 Å². The molecule has 1 aromatic heterocycles. The molecule has 0 aliphatic heterocycles. The SMILES string of the molecule is CCN(CC)c1ccc(CNC(=O)CCNC)cn1.Cl.Cl. The second kappa shape index (κ2) is 12.7. The summed E-state index contributed by atoms with van der Waals surface area (Å²) in [5.74, 6) is 1.04. The number of hydrogen-bond acceptors (Lipinski definition) is 4. The number of nitrogens with one attached hydrogen (secondary N) is 2. The number of carbonyl (C=O) groups excluding carboxylic acids is 1. The van der Waals surface area contributed by atoms with E-state index >= 15 is 0 Å². The van der Waals surface area contributed by atoms with Crippen LogP contribution in [0.4, 0.5) is 5.82 Å². The van der Waals surface area contributed by atoms with E-state index in [1.807, 2.05) is 25.4 Å². The van der Waals surface area contributed by atoms with E-state index in [0.29, 0.717) is 19.5 Å². The van der Waals surface area contributed by atoms with Gasteiger partial charge in [-0.15, -0.1) is 24.8 Å². The fourth-order valence-electron chi connectivity index (χ4n) is 1.78. The average Bonchev–Trinajstić information content (AvgIpc) is 2.45. The lowest BCUT2D eigenvalue weighted by molar-refractivity contribution is -0.121. The van der Waals surface area contributed by atoms with Gasteiger partial charge in [0.05, 0.1) is 0 Å². The molecule has 1 amide bonds. The smallest absolute Gasteiger partial charge is 0.221 e. The molecule has 0 aromatic carbocycles. The van der Waals surface area contributed by atoms with Gasteiger partial charge in [-0.25, -0.2) is 4.98 Å². The van der Waals surface area contributed by atoms with Crippen molar-refractivity contribution in [1.29, 1.82) is 0 Å². The van der Waals surface area contributed by atoms with E-state index in [2.05, 4.69) is 34.4 Å². The predicted molar refractivity (Wildman–Crippen MR) is 92.7 cm³/mol. The monoisotopic (exact) mass is 336 g/mol. The minimum absolute atomic E-state index is 0. The van der Waals surface area contributed by atoms with Gasteiger partial charge in [-0.3, -0.25) is 4.79 Å². The number of carbonyl (C=O) groups is 1. The maximum Gasteiger partial charge on any atom is 0.221 e. The Labute approximate surface area is 139 Å². The number of anilines is 1. The van der Waals surface area contributed by atoms with Crippen LogP contribution in [0, 0.1) is 0 Å². The highest BCUT2D eigenvalue weighted by Crippen LogP contribution is 2.10. The predicted octanol–water partition coefficient (Wildman–Crippen LogP) is 2.00. The summed E-state index contributed by atoms with van der Waals surface area (Å²) in [6, 6.07) is 4.01. The van der Waals surface area contributed by atoms with Crippen molar-refractivity contribution in [1.82, 2.24) is 15.6 Å². The van der Waals surface area contributed by atoms with Crippen molar-refractivity contribution in [3.8, 4) is 0 Å². The molecule has 0 saturated carbocycles. The zero-order valence-corrected chi connectivity index (χ0v) is 14.5. The van der Waals surface area contributed by atoms with Crippen LogP contribution < -0.4 is 15.5 Å². The Morgan fingerprint density at radius 1 is 1.24 bits per heavy atom. The molecule has 0 atom stereocenters. The molecule has 1 aromatic rings. The first-order valence-corrected chi connectivity index (χ1v) is 6.82. The summed E-state index contributed by atoms with van der Waals surface area (Å²) in [4.78, 5) is 18.1. The number of pyridine rings is 1. The number of amides is 1. The number of hydrogen-bond donors (Lipinski definition) is 2. The number of rotatable bonds is 8. The van der Waals surface area contributed by atoms with Crippen LogP contribution in [0.15, 0.2) is 18.3 Å². The van der Waals surface area contributed by atoms with Crippen LogP contribution in [0.25, 0.3) is 0 Å². The summed E-state index contributed by atoms with van der Waals surface area (Å²) in [6.07, 6.45) is 2.33. The molecular formula is C14H26Cl2N4O. The second-order valence-electron chi connectivity index (χ2n) is 4.33. The Kier molecular flexibility index (Phi) is 13.4. The largest absolute Gasteiger partial charge is 0.357 e. The zero-order chi connectivity index (χ0) is 14.1. The van der Waals surface area contributed by atoms with Gasteiger partial charge in [-0.2, -0.15) is 0 Å². The van der Waals surface area contributed by atoms with Crippen LogP contribution in [0.3, 0.4) is 0 Å². The topological polar surface area (TPSA) is 57.3 Å². The first-order chi connectivity index (χ1) is 9.21. The van der Waals surface area contributed by atoms with Gasteiger partial charge in [0.2, 0.25) is 5.91 Å². The molecule has 0 aliphatic carbocycles. The zero-order valence-electron chi connectivity index (χ0n) is 12.9. The van der Waals surface area contributed by atoms with Gasteiger partial charge in [0, 0.05) is 38.8 Å². The minimum atomic E-state index is 0. The molecule has 1 heterocycles. The van der Waals surface area contributed by atoms with E-state index in [4.69, 9.17) is 0 Å². The fraction of sp³-hybridized carbons (Fsp3) is 0.571. The molecular weight excluding hydrogens is 311 g/mol. The van der Waals surface area contributed by atoms with Crippen molar-refractivity contribution in [3.63, 3.8) is 0 Å². The van der Waals surface area contributed by atoms with Crippen LogP contribution >= 0.6 is 24.8 Å². The molecule has 0 spiro atoms. The van der Waals surface area contributed by atoms with Crippen LogP contribution in [0.1, 0.15) is 25.8 Å². The van der Waals surface area contributed by atoms with Gasteiger partial charge >= 0.3 is 0 Å². The van der Waals surface area contributed by atoms with Crippen LogP contribution in [-0.2, 0) is 11.3 Å². The molecule has 0 saturated heterocycles. The number of nitrogens with zero attached hydrogens (tertiary/aromatic N) is 2. The van der Waals surface area contributed by atoms with Gasteiger partial charge < -0.3 is 15.5 Å². The summed E-state index contributed by atoms with van der Waals surface area (Å²) in [6.45, 7) is 7.36. The van der Waals surface area contributed by atoms with Crippen LogP contribution in [-0.4, -0.2) is 37.6 Å². The van der Waals surface area contributed by atoms with Crippen molar-refractivity contribution >= 4 is 36.5 Å². The maximum atomic E-state index is 11.5. The van der Waals surface area contributed by atoms with Crippen molar-refractivity contribution in [2.45, 2.75) is 26.8 Å². The Hall–Kier alpha value is -1.04. The summed E-state index contributed by atoms with van der Waals surface area (Å²) >= 11 is 0. The molecule has 0 aliphatic rings. The maximum absolute atomic E-state index is 11.5. The molecule has 0 fully saturated rings. The number of halogens is 2. The van der Waals surface area contributed by atoms with Crippen molar-refractivity contribution < 1.29 is 4.79 Å². The normalized spacial score (nSPS) is 9.29. The van der Waals surface area contributed by atoms with E-state index < -0.39 is 0 Å². The highest BCUT2D eigenvalue weighted by atomic mass is 35.5. The van der Waals surface area contributed by atoms with E-state index in [9.17, 15) is 4.79 Å². The third-order valence-electron chi connectivity index (χ3n) is 2.99. The van der Waals surface area contributed by atoms with E-state index in [-0.39, 0.29) is 30.7 Å². The molecule has 0 radical (unpaired) electrons. The standard InChI is InChI=1S/C14H24N4O.2ClH/c1-4-18(5-2)13-7-6-12(10-16-13)11-17-14(19)8-9-15-3;;/h6-7,10,15H,4-5,8-9,11H2,1-3H3,(H,17,19);2*1H. The van der Waals surface area contributed by atoms with E-state index in [1.54, 1.807) is 0 Å². The Bertz CT molecular complexity index is 383.